The van der Waals surface area contributed by atoms with Crippen molar-refractivity contribution < 1.29 is 27.5 Å². The Hall–Kier alpha value is -3.53. The Morgan fingerprint density at radius 2 is 1.71 bits per heavy atom. The van der Waals surface area contributed by atoms with E-state index < -0.39 is 21.5 Å². The molecule has 0 atom stereocenters. The van der Waals surface area contributed by atoms with Gasteiger partial charge in [-0.05, 0) is 31.0 Å². The number of carbonyl (C=O) groups excluding carboxylic acids is 2. The average Bonchev–Trinajstić information content (AvgIpc) is 3.48. The predicted octanol–water partition coefficient (Wildman–Crippen LogP) is 2.45. The highest BCUT2D eigenvalue weighted by molar-refractivity contribution is 7.92. The second kappa shape index (κ2) is 9.02. The molecular formula is C24H25N3O6S. The van der Waals surface area contributed by atoms with Crippen LogP contribution in [0.5, 0.6) is 11.5 Å². The number of hydrogen-bond acceptors (Lipinski definition) is 6. The van der Waals surface area contributed by atoms with E-state index in [1.54, 1.807) is 51.9 Å². The highest BCUT2D eigenvalue weighted by Crippen LogP contribution is 2.33. The molecule has 2 aliphatic rings. The third-order valence-corrected chi connectivity index (χ3v) is 7.64. The van der Waals surface area contributed by atoms with Crippen molar-refractivity contribution in [3.05, 3.63) is 48.7 Å². The highest BCUT2D eigenvalue weighted by Gasteiger charge is 2.26. The Morgan fingerprint density at radius 3 is 2.50 bits per heavy atom. The Bertz CT molecular complexity index is 1360. The van der Waals surface area contributed by atoms with E-state index in [0.717, 1.165) is 25.9 Å². The van der Waals surface area contributed by atoms with Crippen LogP contribution in [0.15, 0.2) is 53.6 Å². The van der Waals surface area contributed by atoms with Crippen LogP contribution >= 0.6 is 0 Å². The number of benzene rings is 2. The maximum absolute atomic E-state index is 13.2. The smallest absolute Gasteiger partial charge is 0.242 e. The standard InChI is InChI=1S/C24H25N3O6S/c28-23(25-17-7-8-20-21(13-17)33-12-11-32-20)16-34(30,31)22-14-27(19-6-2-1-5-18(19)22)15-24(29)26-9-3-4-10-26/h1-2,5-8,13-14H,3-4,9-12,15-16H2,(H,25,28). The quantitative estimate of drug-likeness (QED) is 0.577. The zero-order chi connectivity index (χ0) is 23.7. The molecule has 3 aromatic rings. The average molecular weight is 484 g/mol. The Labute approximate surface area is 197 Å². The van der Waals surface area contributed by atoms with Gasteiger partial charge in [0.1, 0.15) is 25.5 Å². The zero-order valence-corrected chi connectivity index (χ0v) is 19.3. The fourth-order valence-corrected chi connectivity index (χ4v) is 5.74. The molecule has 1 N–H and O–H groups in total. The zero-order valence-electron chi connectivity index (χ0n) is 18.5. The number of para-hydroxylation sites is 1. The van der Waals surface area contributed by atoms with Crippen molar-refractivity contribution in [3.8, 4) is 11.5 Å². The number of rotatable bonds is 6. The molecule has 10 heteroatoms. The van der Waals surface area contributed by atoms with E-state index in [1.165, 1.54) is 6.20 Å². The first-order chi connectivity index (χ1) is 16.4. The van der Waals surface area contributed by atoms with Crippen LogP contribution in [0, 0.1) is 0 Å². The van der Waals surface area contributed by atoms with E-state index >= 15 is 0 Å². The van der Waals surface area contributed by atoms with Crippen LogP contribution in [0.3, 0.4) is 0 Å². The maximum atomic E-state index is 13.2. The minimum Gasteiger partial charge on any atom is -0.486 e. The molecule has 0 spiro atoms. The molecule has 0 bridgehead atoms. The Kier molecular flexibility index (Phi) is 5.91. The summed E-state index contributed by atoms with van der Waals surface area (Å²) in [5, 5.41) is 3.11. The van der Waals surface area contributed by atoms with Crippen LogP contribution in [0.1, 0.15) is 12.8 Å². The summed E-state index contributed by atoms with van der Waals surface area (Å²) in [6.07, 6.45) is 3.43. The highest BCUT2D eigenvalue weighted by atomic mass is 32.2. The van der Waals surface area contributed by atoms with E-state index in [-0.39, 0.29) is 17.3 Å². The summed E-state index contributed by atoms with van der Waals surface area (Å²) in [5.74, 6) is -0.360. The lowest BCUT2D eigenvalue weighted by atomic mass is 10.2. The third kappa shape index (κ3) is 4.45. The van der Waals surface area contributed by atoms with Gasteiger partial charge in [0.2, 0.25) is 11.8 Å². The van der Waals surface area contributed by atoms with Crippen LogP contribution < -0.4 is 14.8 Å². The maximum Gasteiger partial charge on any atom is 0.242 e. The van der Waals surface area contributed by atoms with Gasteiger partial charge in [0.15, 0.2) is 21.3 Å². The van der Waals surface area contributed by atoms with Gasteiger partial charge in [0.25, 0.3) is 0 Å². The van der Waals surface area contributed by atoms with Crippen molar-refractivity contribution in [2.75, 3.05) is 37.4 Å². The van der Waals surface area contributed by atoms with Crippen molar-refractivity contribution in [3.63, 3.8) is 0 Å². The van der Waals surface area contributed by atoms with Crippen molar-refractivity contribution in [2.45, 2.75) is 24.3 Å². The molecule has 1 saturated heterocycles. The van der Waals surface area contributed by atoms with Crippen LogP contribution in [-0.4, -0.2) is 61.8 Å². The molecule has 5 rings (SSSR count). The molecular weight excluding hydrogens is 458 g/mol. The summed E-state index contributed by atoms with van der Waals surface area (Å²) >= 11 is 0. The number of anilines is 1. The first-order valence-electron chi connectivity index (χ1n) is 11.2. The number of nitrogens with one attached hydrogen (secondary N) is 1. The number of sulfone groups is 1. The molecule has 0 saturated carbocycles. The van der Waals surface area contributed by atoms with Gasteiger partial charge in [-0.15, -0.1) is 0 Å². The molecule has 3 heterocycles. The number of nitrogens with zero attached hydrogens (tertiary/aromatic N) is 2. The van der Waals surface area contributed by atoms with Gasteiger partial charge in [-0.25, -0.2) is 8.42 Å². The van der Waals surface area contributed by atoms with Gasteiger partial charge < -0.3 is 24.3 Å². The molecule has 9 nitrogen and oxygen atoms in total. The topological polar surface area (TPSA) is 107 Å². The van der Waals surface area contributed by atoms with E-state index in [9.17, 15) is 18.0 Å². The second-order valence-corrected chi connectivity index (χ2v) is 10.3. The predicted molar refractivity (Wildman–Crippen MR) is 126 cm³/mol. The van der Waals surface area contributed by atoms with Crippen LogP contribution in [0.4, 0.5) is 5.69 Å². The number of aromatic nitrogens is 1. The van der Waals surface area contributed by atoms with Gasteiger partial charge >= 0.3 is 0 Å². The van der Waals surface area contributed by atoms with Crippen LogP contribution in [0.25, 0.3) is 10.9 Å². The van der Waals surface area contributed by atoms with Crippen molar-refractivity contribution in [1.29, 1.82) is 0 Å². The number of fused-ring (bicyclic) bond motifs is 2. The molecule has 2 aliphatic heterocycles. The van der Waals surface area contributed by atoms with E-state index in [1.807, 2.05) is 0 Å². The number of likely N-dealkylation sites (tertiary alicyclic amines) is 1. The molecule has 2 aromatic carbocycles. The van der Waals surface area contributed by atoms with Crippen LogP contribution in [0.2, 0.25) is 0 Å². The van der Waals surface area contributed by atoms with Gasteiger partial charge in [-0.1, -0.05) is 18.2 Å². The normalized spacial score (nSPS) is 15.5. The molecule has 0 radical (unpaired) electrons. The van der Waals surface area contributed by atoms with Crippen LogP contribution in [-0.2, 0) is 26.0 Å². The van der Waals surface area contributed by atoms with Gasteiger partial charge in [-0.3, -0.25) is 9.59 Å². The lowest BCUT2D eigenvalue weighted by Crippen LogP contribution is -2.30. The van der Waals surface area contributed by atoms with E-state index in [0.29, 0.717) is 41.3 Å². The lowest BCUT2D eigenvalue weighted by molar-refractivity contribution is -0.130. The van der Waals surface area contributed by atoms with Gasteiger partial charge in [0.05, 0.1) is 4.90 Å². The first-order valence-corrected chi connectivity index (χ1v) is 12.8. The molecule has 1 fully saturated rings. The number of hydrogen-bond donors (Lipinski definition) is 1. The summed E-state index contributed by atoms with van der Waals surface area (Å²) in [7, 11) is -3.97. The SMILES string of the molecule is O=C(CS(=O)(=O)c1cn(CC(=O)N2CCCC2)c2ccccc12)Nc1ccc2c(c1)OCCO2. The number of ether oxygens (including phenoxy) is 2. The molecule has 0 aliphatic carbocycles. The largest absolute Gasteiger partial charge is 0.486 e. The summed E-state index contributed by atoms with van der Waals surface area (Å²) in [4.78, 5) is 27.1. The molecule has 178 valence electrons. The van der Waals surface area contributed by atoms with Crippen molar-refractivity contribution >= 4 is 38.2 Å². The minimum atomic E-state index is -3.97. The molecule has 0 unspecified atom stereocenters. The lowest BCUT2D eigenvalue weighted by Gasteiger charge is -2.19. The monoisotopic (exact) mass is 483 g/mol. The number of amides is 2. The Morgan fingerprint density at radius 1 is 0.971 bits per heavy atom. The van der Waals surface area contributed by atoms with Gasteiger partial charge in [-0.2, -0.15) is 0 Å². The summed E-state index contributed by atoms with van der Waals surface area (Å²) in [6, 6.07) is 11.9. The first kappa shape index (κ1) is 22.3. The van der Waals surface area contributed by atoms with Crippen molar-refractivity contribution in [2.24, 2.45) is 0 Å². The van der Waals surface area contributed by atoms with E-state index in [4.69, 9.17) is 9.47 Å². The summed E-state index contributed by atoms with van der Waals surface area (Å²) in [5.41, 5.74) is 1.06. The summed E-state index contributed by atoms with van der Waals surface area (Å²) in [6.45, 7) is 2.36. The van der Waals surface area contributed by atoms with Gasteiger partial charge in [0, 0.05) is 41.9 Å². The van der Waals surface area contributed by atoms with E-state index in [2.05, 4.69) is 5.32 Å². The second-order valence-electron chi connectivity index (χ2n) is 8.39. The molecule has 2 amide bonds. The minimum absolute atomic E-state index is 0.0367. The Balaban J connectivity index is 1.36. The molecule has 1 aromatic heterocycles. The third-order valence-electron chi connectivity index (χ3n) is 6.00. The number of carbonyl (C=O) groups is 2. The molecule has 34 heavy (non-hydrogen) atoms. The summed E-state index contributed by atoms with van der Waals surface area (Å²) < 4.78 is 39.1. The fourth-order valence-electron chi connectivity index (χ4n) is 4.37. The van der Waals surface area contributed by atoms with Crippen molar-refractivity contribution in [1.82, 2.24) is 9.47 Å². The fraction of sp³-hybridized carbons (Fsp3) is 0.333.